The van der Waals surface area contributed by atoms with Gasteiger partial charge in [0.1, 0.15) is 4.88 Å². The number of carbonyl (C=O) groups excluding carboxylic acids is 1. The topological polar surface area (TPSA) is 59.2 Å². The summed E-state index contributed by atoms with van der Waals surface area (Å²) < 4.78 is 0. The van der Waals surface area contributed by atoms with Crippen molar-refractivity contribution in [2.75, 3.05) is 13.1 Å². The first-order valence-electron chi connectivity index (χ1n) is 7.12. The van der Waals surface area contributed by atoms with Crippen molar-refractivity contribution in [2.45, 2.75) is 52.5 Å². The highest BCUT2D eigenvalue weighted by molar-refractivity contribution is 7.11. The minimum atomic E-state index is -0.104. The van der Waals surface area contributed by atoms with Crippen LogP contribution in [0.25, 0.3) is 0 Å². The number of carbonyl (C=O) groups is 1. The summed E-state index contributed by atoms with van der Waals surface area (Å²) in [4.78, 5) is 19.9. The zero-order chi connectivity index (χ0) is 15.1. The second kappa shape index (κ2) is 7.47. The quantitative estimate of drug-likeness (QED) is 0.826. The van der Waals surface area contributed by atoms with E-state index in [0.717, 1.165) is 23.5 Å². The predicted molar refractivity (Wildman–Crippen MR) is 97.6 cm³/mol. The molecule has 0 aliphatic carbocycles. The van der Waals surface area contributed by atoms with Crippen LogP contribution in [-0.2, 0) is 5.41 Å². The summed E-state index contributed by atoms with van der Waals surface area (Å²) in [5, 5.41) is 0. The van der Waals surface area contributed by atoms with Gasteiger partial charge in [-0.25, -0.2) is 4.98 Å². The Morgan fingerprint density at radius 3 is 2.50 bits per heavy atom. The molecule has 1 amide bonds. The van der Waals surface area contributed by atoms with Gasteiger partial charge in [0, 0.05) is 24.5 Å². The molecule has 1 atom stereocenters. The molecular formula is C15H27Cl2N3OS. The third kappa shape index (κ3) is 4.34. The molecule has 1 aliphatic heterocycles. The van der Waals surface area contributed by atoms with Gasteiger partial charge in [0.25, 0.3) is 5.91 Å². The first-order chi connectivity index (χ1) is 9.13. The lowest BCUT2D eigenvalue weighted by Crippen LogP contribution is -2.54. The van der Waals surface area contributed by atoms with Crippen LogP contribution >= 0.6 is 36.2 Å². The Hall–Kier alpha value is -0.360. The predicted octanol–water partition coefficient (Wildman–Crippen LogP) is 3.48. The maximum Gasteiger partial charge on any atom is 0.265 e. The van der Waals surface area contributed by atoms with Crippen molar-refractivity contribution in [1.82, 2.24) is 9.88 Å². The van der Waals surface area contributed by atoms with Gasteiger partial charge < -0.3 is 10.6 Å². The van der Waals surface area contributed by atoms with Crippen molar-refractivity contribution in [2.24, 2.45) is 11.1 Å². The minimum absolute atomic E-state index is 0. The Balaban J connectivity index is 0.00000220. The first-order valence-corrected chi connectivity index (χ1v) is 8.00. The molecule has 22 heavy (non-hydrogen) atoms. The number of nitrogens with zero attached hydrogens (tertiary/aromatic N) is 2. The Bertz CT molecular complexity index is 511. The van der Waals surface area contributed by atoms with Gasteiger partial charge in [-0.05, 0) is 11.8 Å². The fraction of sp³-hybridized carbons (Fsp3) is 0.733. The number of amides is 1. The lowest BCUT2D eigenvalue weighted by molar-refractivity contribution is 0.0535. The SMILES string of the molecule is CC(C)(C)c1ncsc1C(=O)N1CCC(N)C(C)(C)C1.Cl.Cl. The van der Waals surface area contributed by atoms with Crippen molar-refractivity contribution < 1.29 is 4.79 Å². The largest absolute Gasteiger partial charge is 0.337 e. The maximum atomic E-state index is 12.8. The van der Waals surface area contributed by atoms with E-state index in [0.29, 0.717) is 6.54 Å². The second-order valence-corrected chi connectivity index (χ2v) is 8.25. The molecule has 7 heteroatoms. The highest BCUT2D eigenvalue weighted by Gasteiger charge is 2.37. The molecule has 128 valence electrons. The van der Waals surface area contributed by atoms with Crippen LogP contribution in [0.15, 0.2) is 5.51 Å². The van der Waals surface area contributed by atoms with E-state index in [1.807, 2.05) is 4.90 Å². The van der Waals surface area contributed by atoms with Crippen molar-refractivity contribution in [3.63, 3.8) is 0 Å². The zero-order valence-corrected chi connectivity index (χ0v) is 16.3. The number of halogens is 2. The molecule has 1 aliphatic rings. The number of thiazole rings is 1. The van der Waals surface area contributed by atoms with Gasteiger partial charge in [-0.1, -0.05) is 34.6 Å². The Morgan fingerprint density at radius 2 is 2.00 bits per heavy atom. The maximum absolute atomic E-state index is 12.8. The molecule has 2 N–H and O–H groups in total. The van der Waals surface area contributed by atoms with Crippen LogP contribution < -0.4 is 5.73 Å². The molecular weight excluding hydrogens is 341 g/mol. The molecule has 0 radical (unpaired) electrons. The highest BCUT2D eigenvalue weighted by Crippen LogP contribution is 2.32. The van der Waals surface area contributed by atoms with Gasteiger partial charge in [-0.2, -0.15) is 0 Å². The van der Waals surface area contributed by atoms with Gasteiger partial charge >= 0.3 is 0 Å². The Labute approximate surface area is 149 Å². The molecule has 1 aromatic heterocycles. The van der Waals surface area contributed by atoms with Crippen molar-refractivity contribution >= 4 is 42.1 Å². The van der Waals surface area contributed by atoms with Gasteiger partial charge in [0.05, 0.1) is 11.2 Å². The Morgan fingerprint density at radius 1 is 1.41 bits per heavy atom. The molecule has 2 rings (SSSR count). The number of likely N-dealkylation sites (tertiary alicyclic amines) is 1. The van der Waals surface area contributed by atoms with Gasteiger partial charge in [0.15, 0.2) is 0 Å². The van der Waals surface area contributed by atoms with Gasteiger partial charge in [0.2, 0.25) is 0 Å². The van der Waals surface area contributed by atoms with E-state index in [2.05, 4.69) is 39.6 Å². The fourth-order valence-corrected chi connectivity index (χ4v) is 3.59. The third-order valence-corrected chi connectivity index (χ3v) is 4.89. The summed E-state index contributed by atoms with van der Waals surface area (Å²) in [6.07, 6.45) is 0.863. The zero-order valence-electron chi connectivity index (χ0n) is 13.9. The third-order valence-electron chi connectivity index (χ3n) is 4.07. The number of hydrogen-bond acceptors (Lipinski definition) is 4. The van der Waals surface area contributed by atoms with Crippen LogP contribution in [0.4, 0.5) is 0 Å². The van der Waals surface area contributed by atoms with Crippen molar-refractivity contribution in [3.8, 4) is 0 Å². The van der Waals surface area contributed by atoms with Crippen molar-refractivity contribution in [1.29, 1.82) is 0 Å². The smallest absolute Gasteiger partial charge is 0.265 e. The van der Waals surface area contributed by atoms with E-state index >= 15 is 0 Å². The summed E-state index contributed by atoms with van der Waals surface area (Å²) in [7, 11) is 0. The average molecular weight is 368 g/mol. The number of hydrogen-bond donors (Lipinski definition) is 1. The number of rotatable bonds is 1. The average Bonchev–Trinajstić information content (AvgIpc) is 2.80. The Kier molecular flexibility index (Phi) is 7.35. The van der Waals surface area contributed by atoms with E-state index in [-0.39, 0.29) is 47.6 Å². The lowest BCUT2D eigenvalue weighted by Gasteiger charge is -2.42. The molecule has 0 aromatic carbocycles. The second-order valence-electron chi connectivity index (χ2n) is 7.39. The van der Waals surface area contributed by atoms with Gasteiger partial charge in [-0.15, -0.1) is 36.2 Å². The van der Waals surface area contributed by atoms with Crippen LogP contribution in [-0.4, -0.2) is 34.9 Å². The molecule has 1 aromatic rings. The minimum Gasteiger partial charge on any atom is -0.337 e. The van der Waals surface area contributed by atoms with Crippen LogP contribution in [0.1, 0.15) is 56.4 Å². The monoisotopic (exact) mass is 367 g/mol. The molecule has 1 unspecified atom stereocenters. The van der Waals surface area contributed by atoms with E-state index in [9.17, 15) is 4.79 Å². The lowest BCUT2D eigenvalue weighted by atomic mass is 9.79. The summed E-state index contributed by atoms with van der Waals surface area (Å²) >= 11 is 1.45. The van der Waals surface area contributed by atoms with Crippen molar-refractivity contribution in [3.05, 3.63) is 16.1 Å². The molecule has 2 heterocycles. The summed E-state index contributed by atoms with van der Waals surface area (Å²) in [6, 6.07) is 0.162. The molecule has 1 saturated heterocycles. The molecule has 0 saturated carbocycles. The summed E-state index contributed by atoms with van der Waals surface area (Å²) in [5.41, 5.74) is 8.69. The highest BCUT2D eigenvalue weighted by atomic mass is 35.5. The normalized spacial score (nSPS) is 20.8. The van der Waals surface area contributed by atoms with Crippen LogP contribution in [0.3, 0.4) is 0 Å². The molecule has 0 bridgehead atoms. The molecule has 0 spiro atoms. The standard InChI is InChI=1S/C15H25N3OS.2ClH/c1-14(2,3)12-11(20-9-17-12)13(19)18-7-6-10(16)15(4,5)8-18;;/h9-10H,6-8,16H2,1-5H3;2*1H. The number of aromatic nitrogens is 1. The van der Waals surface area contributed by atoms with Gasteiger partial charge in [-0.3, -0.25) is 4.79 Å². The molecule has 4 nitrogen and oxygen atoms in total. The van der Waals surface area contributed by atoms with Crippen LogP contribution in [0.2, 0.25) is 0 Å². The van der Waals surface area contributed by atoms with E-state index in [1.54, 1.807) is 5.51 Å². The molecule has 1 fully saturated rings. The number of piperidine rings is 1. The fourth-order valence-electron chi connectivity index (χ4n) is 2.62. The summed E-state index contributed by atoms with van der Waals surface area (Å²) in [5.74, 6) is 0.109. The van der Waals surface area contributed by atoms with E-state index in [1.165, 1.54) is 11.3 Å². The first kappa shape index (κ1) is 21.6. The summed E-state index contributed by atoms with van der Waals surface area (Å²) in [6.45, 7) is 12.0. The van der Waals surface area contributed by atoms with Crippen LogP contribution in [0.5, 0.6) is 0 Å². The van der Waals surface area contributed by atoms with E-state index in [4.69, 9.17) is 5.73 Å². The van der Waals surface area contributed by atoms with E-state index < -0.39 is 0 Å². The number of nitrogens with two attached hydrogens (primary N) is 1. The van der Waals surface area contributed by atoms with Crippen LogP contribution in [0, 0.1) is 5.41 Å².